The van der Waals surface area contributed by atoms with Gasteiger partial charge in [-0.2, -0.15) is 0 Å². The fourth-order valence-electron chi connectivity index (χ4n) is 3.40. The fourth-order valence-corrected chi connectivity index (χ4v) is 4.88. The van der Waals surface area contributed by atoms with Crippen molar-refractivity contribution in [3.63, 3.8) is 0 Å². The molecule has 0 radical (unpaired) electrons. The summed E-state index contributed by atoms with van der Waals surface area (Å²) in [6.07, 6.45) is 3.81. The van der Waals surface area contributed by atoms with Crippen molar-refractivity contribution in [3.05, 3.63) is 23.4 Å². The topological polar surface area (TPSA) is 95.9 Å². The second kappa shape index (κ2) is 8.34. The summed E-state index contributed by atoms with van der Waals surface area (Å²) < 4.78 is 6.25. The highest BCUT2D eigenvalue weighted by Gasteiger charge is 2.53. The van der Waals surface area contributed by atoms with Crippen molar-refractivity contribution in [2.45, 2.75) is 11.4 Å². The maximum Gasteiger partial charge on any atom is 0.352 e. The van der Waals surface area contributed by atoms with Gasteiger partial charge in [0.1, 0.15) is 30.2 Å². The van der Waals surface area contributed by atoms with Crippen LogP contribution in [0.1, 0.15) is 0 Å². The molecule has 3 rings (SSSR count). The number of carboxylic acids is 1. The molecule has 0 spiro atoms. The lowest BCUT2D eigenvalue weighted by Crippen LogP contribution is -2.70. The van der Waals surface area contributed by atoms with Gasteiger partial charge in [0.25, 0.3) is 5.91 Å². The van der Waals surface area contributed by atoms with Crippen LogP contribution in [0.3, 0.4) is 0 Å². The molecule has 2 N–H and O–H groups in total. The highest BCUT2D eigenvalue weighted by Crippen LogP contribution is 2.40. The quantitative estimate of drug-likeness (QED) is 0.332. The summed E-state index contributed by atoms with van der Waals surface area (Å²) in [4.78, 5) is 37.1. The summed E-state index contributed by atoms with van der Waals surface area (Å²) in [6.45, 7) is 4.09. The average Bonchev–Trinajstić information content (AvgIpc) is 2.65. The molecular formula is C17H23BrN3O5S+. The van der Waals surface area contributed by atoms with Gasteiger partial charge >= 0.3 is 5.97 Å². The summed E-state index contributed by atoms with van der Waals surface area (Å²) in [5, 5.41) is 12.0. The largest absolute Gasteiger partial charge is 0.477 e. The molecule has 2 saturated heterocycles. The van der Waals surface area contributed by atoms with E-state index in [9.17, 15) is 19.5 Å². The number of hydrogen-bond donors (Lipinski definition) is 2. The number of carbonyl (C=O) groups excluding carboxylic acids is 2. The number of fused-ring (bicyclic) bond motifs is 1. The van der Waals surface area contributed by atoms with Crippen molar-refractivity contribution in [1.29, 1.82) is 0 Å². The molecule has 0 unspecified atom stereocenters. The van der Waals surface area contributed by atoms with Crippen LogP contribution in [-0.4, -0.2) is 94.7 Å². The molecule has 3 aliphatic heterocycles. The number of β-lactam (4-membered cyclic amide) rings is 1. The molecule has 0 aromatic heterocycles. The number of halogens is 1. The molecule has 0 aromatic rings. The first-order valence-electron chi connectivity index (χ1n) is 8.70. The molecule has 0 aliphatic carbocycles. The van der Waals surface area contributed by atoms with Crippen LogP contribution in [0.2, 0.25) is 0 Å². The summed E-state index contributed by atoms with van der Waals surface area (Å²) >= 11 is 4.52. The number of ether oxygens (including phenoxy) is 1. The zero-order valence-corrected chi connectivity index (χ0v) is 17.4. The lowest BCUT2D eigenvalue weighted by Gasteiger charge is -2.49. The number of quaternary nitrogens is 1. The zero-order chi connectivity index (χ0) is 19.6. The minimum atomic E-state index is -1.12. The van der Waals surface area contributed by atoms with Crippen LogP contribution in [0.4, 0.5) is 0 Å². The Hall–Kier alpha value is -1.36. The minimum Gasteiger partial charge on any atom is -0.477 e. The average molecular weight is 461 g/mol. The van der Waals surface area contributed by atoms with Crippen LogP contribution in [0.5, 0.6) is 0 Å². The van der Waals surface area contributed by atoms with Gasteiger partial charge in [-0.1, -0.05) is 22.0 Å². The highest BCUT2D eigenvalue weighted by atomic mass is 79.9. The van der Waals surface area contributed by atoms with Crippen LogP contribution < -0.4 is 5.32 Å². The third kappa shape index (κ3) is 4.23. The Morgan fingerprint density at radius 1 is 1.44 bits per heavy atom. The molecule has 3 aliphatic rings. The Balaban J connectivity index is 1.73. The van der Waals surface area contributed by atoms with Crippen LogP contribution >= 0.6 is 27.7 Å². The van der Waals surface area contributed by atoms with Crippen molar-refractivity contribution in [1.82, 2.24) is 10.2 Å². The number of likely N-dealkylation sites (N-methyl/N-ethyl adjacent to an activating group) is 1. The number of aliphatic carboxylic acids is 1. The van der Waals surface area contributed by atoms with Gasteiger partial charge in [-0.05, 0) is 11.6 Å². The van der Waals surface area contributed by atoms with Gasteiger partial charge < -0.3 is 19.6 Å². The minimum absolute atomic E-state index is 0.0222. The van der Waals surface area contributed by atoms with Gasteiger partial charge in [-0.15, -0.1) is 11.8 Å². The number of alkyl halides is 1. The predicted octanol–water partition coefficient (Wildman–Crippen LogP) is 0.153. The SMILES string of the molecule is C[N+]1(CC=CC2=C(C(=O)O)N3C(=O)[C@@H](NC(=O)CBr)[C@H]3SC2)CCOCC1. The normalized spacial score (nSPS) is 27.3. The highest BCUT2D eigenvalue weighted by molar-refractivity contribution is 9.09. The van der Waals surface area contributed by atoms with E-state index in [2.05, 4.69) is 28.3 Å². The second-order valence-electron chi connectivity index (χ2n) is 7.03. The molecule has 3 heterocycles. The second-order valence-corrected chi connectivity index (χ2v) is 8.70. The van der Waals surface area contributed by atoms with Gasteiger partial charge in [0.15, 0.2) is 0 Å². The lowest BCUT2D eigenvalue weighted by atomic mass is 10.0. The molecule has 2 amide bonds. The van der Waals surface area contributed by atoms with Crippen molar-refractivity contribution < 1.29 is 28.7 Å². The summed E-state index contributed by atoms with van der Waals surface area (Å²) in [5.41, 5.74) is 0.649. The van der Waals surface area contributed by atoms with Crippen molar-refractivity contribution in [2.24, 2.45) is 0 Å². The Morgan fingerprint density at radius 3 is 2.78 bits per heavy atom. The van der Waals surface area contributed by atoms with E-state index < -0.39 is 12.0 Å². The van der Waals surface area contributed by atoms with Gasteiger partial charge in [0.2, 0.25) is 5.91 Å². The molecule has 27 heavy (non-hydrogen) atoms. The number of nitrogens with zero attached hydrogens (tertiary/aromatic N) is 2. The number of thioether (sulfide) groups is 1. The number of morpholine rings is 1. The van der Waals surface area contributed by atoms with E-state index in [1.165, 1.54) is 16.7 Å². The zero-order valence-electron chi connectivity index (χ0n) is 15.0. The van der Waals surface area contributed by atoms with Crippen LogP contribution in [0, 0.1) is 0 Å². The Labute approximate surface area is 170 Å². The summed E-state index contributed by atoms with van der Waals surface area (Å²) in [5.74, 6) is -1.30. The number of carbonyl (C=O) groups is 3. The molecule has 0 saturated carbocycles. The molecule has 0 bridgehead atoms. The van der Waals surface area contributed by atoms with E-state index in [1.807, 2.05) is 12.2 Å². The number of carboxylic acid groups (broad SMARTS) is 1. The maximum atomic E-state index is 12.4. The van der Waals surface area contributed by atoms with Crippen LogP contribution in [0.25, 0.3) is 0 Å². The van der Waals surface area contributed by atoms with Crippen molar-refractivity contribution in [2.75, 3.05) is 51.0 Å². The molecule has 10 heteroatoms. The molecule has 8 nitrogen and oxygen atoms in total. The third-order valence-electron chi connectivity index (χ3n) is 5.05. The van der Waals surface area contributed by atoms with Gasteiger partial charge in [-0.25, -0.2) is 4.79 Å². The smallest absolute Gasteiger partial charge is 0.352 e. The Bertz CT molecular complexity index is 705. The molecule has 0 aromatic carbocycles. The molecule has 2 fully saturated rings. The third-order valence-corrected chi connectivity index (χ3v) is 6.87. The van der Waals surface area contributed by atoms with Crippen molar-refractivity contribution in [3.8, 4) is 0 Å². The summed E-state index contributed by atoms with van der Waals surface area (Å²) in [6, 6.07) is -0.669. The molecule has 148 valence electrons. The molecule has 2 atom stereocenters. The maximum absolute atomic E-state index is 12.4. The Morgan fingerprint density at radius 2 is 2.15 bits per heavy atom. The fraction of sp³-hybridized carbons (Fsp3) is 0.588. The van der Waals surface area contributed by atoms with E-state index in [4.69, 9.17) is 4.74 Å². The number of allylic oxidation sites excluding steroid dienone is 1. The van der Waals surface area contributed by atoms with E-state index in [0.717, 1.165) is 37.3 Å². The van der Waals surface area contributed by atoms with Crippen molar-refractivity contribution >= 4 is 45.5 Å². The number of hydrogen-bond acceptors (Lipinski definition) is 5. The van der Waals surface area contributed by atoms with E-state index in [1.54, 1.807) is 0 Å². The van der Waals surface area contributed by atoms with Gasteiger partial charge in [0, 0.05) is 5.75 Å². The van der Waals surface area contributed by atoms with Crippen LogP contribution in [-0.2, 0) is 19.1 Å². The van der Waals surface area contributed by atoms with Gasteiger partial charge in [-0.3, -0.25) is 14.5 Å². The monoisotopic (exact) mass is 460 g/mol. The lowest BCUT2D eigenvalue weighted by molar-refractivity contribution is -0.911. The Kier molecular flexibility index (Phi) is 6.29. The number of amides is 2. The summed E-state index contributed by atoms with van der Waals surface area (Å²) in [7, 11) is 2.15. The number of rotatable bonds is 6. The first kappa shape index (κ1) is 20.4. The van der Waals surface area contributed by atoms with E-state index in [-0.39, 0.29) is 28.2 Å². The van der Waals surface area contributed by atoms with E-state index >= 15 is 0 Å². The first-order valence-corrected chi connectivity index (χ1v) is 10.9. The molecular weight excluding hydrogens is 438 g/mol. The standard InChI is InChI=1S/C17H22BrN3O5S/c1-21(5-7-26-8-6-21)4-2-3-11-10-27-16-13(19-12(22)9-18)15(23)20(16)14(11)17(24)25/h2-3,13,16H,4-10H2,1H3,(H-,19,22,24,25)/p+1/t13-,16-/m1/s1. The number of nitrogens with one attached hydrogen (secondary N) is 1. The van der Waals surface area contributed by atoms with Gasteiger partial charge in [0.05, 0.1) is 32.1 Å². The first-order chi connectivity index (χ1) is 12.9. The predicted molar refractivity (Wildman–Crippen MR) is 104 cm³/mol. The van der Waals surface area contributed by atoms with Crippen LogP contribution in [0.15, 0.2) is 23.4 Å². The van der Waals surface area contributed by atoms with E-state index in [0.29, 0.717) is 11.3 Å².